The molecule has 0 aromatic carbocycles. The van der Waals surface area contributed by atoms with Crippen LogP contribution in [0.25, 0.3) is 0 Å². The van der Waals surface area contributed by atoms with Crippen LogP contribution >= 0.6 is 0 Å². The fourth-order valence-electron chi connectivity index (χ4n) is 3.66. The molecule has 0 spiro atoms. The molecule has 1 aliphatic carbocycles. The molecule has 0 unspecified atom stereocenters. The monoisotopic (exact) mass is 383 g/mol. The van der Waals surface area contributed by atoms with Crippen molar-refractivity contribution in [2.24, 2.45) is 5.92 Å². The smallest absolute Gasteiger partial charge is 0.270 e. The molecule has 6 heteroatoms. The SMILES string of the molecule is CC.CN(c1ncccc1NCC1CC1)C1CCN(C(=O)c2ccc[nH]2)CC1. The lowest BCUT2D eigenvalue weighted by Crippen LogP contribution is -2.46. The minimum absolute atomic E-state index is 0.0979. The normalized spacial score (nSPS) is 16.9. The third-order valence-corrected chi connectivity index (χ3v) is 5.53. The van der Waals surface area contributed by atoms with Gasteiger partial charge in [0.1, 0.15) is 5.69 Å². The van der Waals surface area contributed by atoms with Crippen LogP contribution in [-0.4, -0.2) is 53.5 Å². The molecule has 6 nitrogen and oxygen atoms in total. The highest BCUT2D eigenvalue weighted by Crippen LogP contribution is 2.31. The van der Waals surface area contributed by atoms with Crippen molar-refractivity contribution in [1.82, 2.24) is 14.9 Å². The van der Waals surface area contributed by atoms with E-state index in [-0.39, 0.29) is 5.91 Å². The summed E-state index contributed by atoms with van der Waals surface area (Å²) in [5.74, 6) is 1.94. The van der Waals surface area contributed by atoms with E-state index in [1.54, 1.807) is 6.20 Å². The topological polar surface area (TPSA) is 64.3 Å². The number of carbonyl (C=O) groups is 1. The predicted octanol–water partition coefficient (Wildman–Crippen LogP) is 4.00. The second-order valence-corrected chi connectivity index (χ2v) is 7.42. The fourth-order valence-corrected chi connectivity index (χ4v) is 3.66. The third-order valence-electron chi connectivity index (χ3n) is 5.53. The van der Waals surface area contributed by atoms with Crippen molar-refractivity contribution in [3.8, 4) is 0 Å². The third kappa shape index (κ3) is 4.86. The Hall–Kier alpha value is -2.50. The van der Waals surface area contributed by atoms with Gasteiger partial charge >= 0.3 is 0 Å². The summed E-state index contributed by atoms with van der Waals surface area (Å²) >= 11 is 0. The maximum absolute atomic E-state index is 12.5. The quantitative estimate of drug-likeness (QED) is 0.791. The molecule has 3 heterocycles. The van der Waals surface area contributed by atoms with Gasteiger partial charge in [-0.05, 0) is 55.9 Å². The van der Waals surface area contributed by atoms with Crippen LogP contribution in [0, 0.1) is 5.92 Å². The first kappa shape index (κ1) is 20.2. The lowest BCUT2D eigenvalue weighted by atomic mass is 10.0. The second-order valence-electron chi connectivity index (χ2n) is 7.42. The number of H-pyrrole nitrogens is 1. The largest absolute Gasteiger partial charge is 0.382 e. The van der Waals surface area contributed by atoms with Crippen LogP contribution < -0.4 is 10.2 Å². The summed E-state index contributed by atoms with van der Waals surface area (Å²) in [6.45, 7) is 6.60. The molecule has 1 saturated carbocycles. The molecule has 4 rings (SSSR count). The highest BCUT2D eigenvalue weighted by Gasteiger charge is 2.28. The molecule has 2 aliphatic rings. The van der Waals surface area contributed by atoms with Gasteiger partial charge in [0.2, 0.25) is 0 Å². The van der Waals surface area contributed by atoms with E-state index in [2.05, 4.69) is 33.3 Å². The van der Waals surface area contributed by atoms with Crippen molar-refractivity contribution < 1.29 is 4.79 Å². The number of hydrogen-bond donors (Lipinski definition) is 2. The van der Waals surface area contributed by atoms with Gasteiger partial charge in [-0.1, -0.05) is 13.8 Å². The van der Waals surface area contributed by atoms with E-state index in [1.165, 1.54) is 12.8 Å². The first-order valence-electron chi connectivity index (χ1n) is 10.6. The highest BCUT2D eigenvalue weighted by atomic mass is 16.2. The number of rotatable bonds is 6. The molecule has 2 aromatic rings. The molecular formula is C22H33N5O. The van der Waals surface area contributed by atoms with E-state index in [0.29, 0.717) is 11.7 Å². The number of nitrogens with zero attached hydrogens (tertiary/aromatic N) is 3. The Balaban J connectivity index is 0.00000109. The van der Waals surface area contributed by atoms with Gasteiger partial charge in [-0.3, -0.25) is 4.79 Å². The minimum atomic E-state index is 0.0979. The van der Waals surface area contributed by atoms with Gasteiger partial charge in [0.25, 0.3) is 5.91 Å². The Morgan fingerprint density at radius 2 is 1.96 bits per heavy atom. The van der Waals surface area contributed by atoms with E-state index in [0.717, 1.165) is 49.9 Å². The molecule has 0 bridgehead atoms. The Bertz CT molecular complexity index is 733. The first-order chi connectivity index (χ1) is 13.7. The van der Waals surface area contributed by atoms with Crippen LogP contribution in [0.4, 0.5) is 11.5 Å². The maximum Gasteiger partial charge on any atom is 0.270 e. The van der Waals surface area contributed by atoms with Crippen LogP contribution in [0.3, 0.4) is 0 Å². The molecule has 2 fully saturated rings. The van der Waals surface area contributed by atoms with Crippen molar-refractivity contribution in [3.05, 3.63) is 42.4 Å². The van der Waals surface area contributed by atoms with Gasteiger partial charge in [-0.25, -0.2) is 4.98 Å². The van der Waals surface area contributed by atoms with Gasteiger partial charge in [-0.15, -0.1) is 0 Å². The summed E-state index contributed by atoms with van der Waals surface area (Å²) in [7, 11) is 2.12. The van der Waals surface area contributed by atoms with E-state index < -0.39 is 0 Å². The van der Waals surface area contributed by atoms with Crippen molar-refractivity contribution >= 4 is 17.4 Å². The summed E-state index contributed by atoms with van der Waals surface area (Å²) in [5, 5.41) is 3.57. The lowest BCUT2D eigenvalue weighted by molar-refractivity contribution is 0.0708. The molecule has 1 saturated heterocycles. The number of piperidine rings is 1. The van der Waals surface area contributed by atoms with E-state index in [4.69, 9.17) is 0 Å². The number of nitrogens with one attached hydrogen (secondary N) is 2. The lowest BCUT2D eigenvalue weighted by Gasteiger charge is -2.37. The molecule has 0 radical (unpaired) electrons. The second kappa shape index (κ2) is 9.62. The molecule has 2 aromatic heterocycles. The molecule has 2 N–H and O–H groups in total. The average molecular weight is 384 g/mol. The summed E-state index contributed by atoms with van der Waals surface area (Å²) < 4.78 is 0. The van der Waals surface area contributed by atoms with Crippen LogP contribution in [0.2, 0.25) is 0 Å². The summed E-state index contributed by atoms with van der Waals surface area (Å²) in [6.07, 6.45) is 8.25. The molecule has 28 heavy (non-hydrogen) atoms. The number of aromatic nitrogens is 2. The molecule has 152 valence electrons. The molecular weight excluding hydrogens is 350 g/mol. The van der Waals surface area contributed by atoms with Gasteiger partial charge < -0.3 is 20.1 Å². The number of pyridine rings is 1. The number of anilines is 2. The van der Waals surface area contributed by atoms with Gasteiger partial charge in [0.15, 0.2) is 5.82 Å². The molecule has 0 atom stereocenters. The Morgan fingerprint density at radius 1 is 1.21 bits per heavy atom. The van der Waals surface area contributed by atoms with Crippen LogP contribution in [0.1, 0.15) is 50.0 Å². The number of aromatic amines is 1. The van der Waals surface area contributed by atoms with Gasteiger partial charge in [0, 0.05) is 45.1 Å². The Morgan fingerprint density at radius 3 is 2.61 bits per heavy atom. The van der Waals surface area contributed by atoms with Crippen molar-refractivity contribution in [2.75, 3.05) is 36.9 Å². The standard InChI is InChI=1S/C20H27N5O.C2H6/c1-24(19-17(4-2-11-22-19)23-14-15-6-7-15)16-8-12-25(13-9-16)20(26)18-5-3-10-21-18;1-2/h2-5,10-11,15-16,21,23H,6-9,12-14H2,1H3;1-2H3. The zero-order valence-electron chi connectivity index (χ0n) is 17.3. The zero-order chi connectivity index (χ0) is 19.9. The van der Waals surface area contributed by atoms with E-state index in [1.807, 2.05) is 43.1 Å². The van der Waals surface area contributed by atoms with E-state index in [9.17, 15) is 4.79 Å². The minimum Gasteiger partial charge on any atom is -0.382 e. The predicted molar refractivity (Wildman–Crippen MR) is 115 cm³/mol. The number of likely N-dealkylation sites (tertiary alicyclic amines) is 1. The van der Waals surface area contributed by atoms with Gasteiger partial charge in [-0.2, -0.15) is 0 Å². The summed E-state index contributed by atoms with van der Waals surface area (Å²) in [4.78, 5) is 24.3. The van der Waals surface area contributed by atoms with Crippen molar-refractivity contribution in [2.45, 2.75) is 45.6 Å². The number of carbonyl (C=O) groups excluding carboxylic acids is 1. The highest BCUT2D eigenvalue weighted by molar-refractivity contribution is 5.92. The Labute approximate surface area is 168 Å². The maximum atomic E-state index is 12.5. The summed E-state index contributed by atoms with van der Waals surface area (Å²) in [6, 6.07) is 8.21. The van der Waals surface area contributed by atoms with Crippen molar-refractivity contribution in [3.63, 3.8) is 0 Å². The molecule has 1 amide bonds. The van der Waals surface area contributed by atoms with Crippen LogP contribution in [0.5, 0.6) is 0 Å². The Kier molecular flexibility index (Phi) is 6.95. The van der Waals surface area contributed by atoms with Crippen LogP contribution in [-0.2, 0) is 0 Å². The molecule has 1 aliphatic heterocycles. The van der Waals surface area contributed by atoms with Crippen LogP contribution in [0.15, 0.2) is 36.7 Å². The zero-order valence-corrected chi connectivity index (χ0v) is 17.3. The fraction of sp³-hybridized carbons (Fsp3) is 0.545. The number of hydrogen-bond acceptors (Lipinski definition) is 4. The van der Waals surface area contributed by atoms with Crippen molar-refractivity contribution in [1.29, 1.82) is 0 Å². The van der Waals surface area contributed by atoms with E-state index >= 15 is 0 Å². The average Bonchev–Trinajstić information content (AvgIpc) is 3.43. The first-order valence-corrected chi connectivity index (χ1v) is 10.6. The van der Waals surface area contributed by atoms with Gasteiger partial charge in [0.05, 0.1) is 5.69 Å². The summed E-state index contributed by atoms with van der Waals surface area (Å²) in [5.41, 5.74) is 1.79. The number of amides is 1.